The number of carboxylic acids is 3. The summed E-state index contributed by atoms with van der Waals surface area (Å²) in [7, 11) is 0. The van der Waals surface area contributed by atoms with Gasteiger partial charge in [0.25, 0.3) is 0 Å². The van der Waals surface area contributed by atoms with Crippen LogP contribution in [0.15, 0.2) is 18.2 Å². The van der Waals surface area contributed by atoms with Gasteiger partial charge in [0.15, 0.2) is 0 Å². The molecule has 0 aromatic carbocycles. The Balaban J connectivity index is 0.00000684. The fraction of sp³-hybridized carbons (Fsp3) is 0.652. The minimum atomic E-state index is -1.43. The van der Waals surface area contributed by atoms with E-state index in [0.717, 1.165) is 0 Å². The van der Waals surface area contributed by atoms with Crippen LogP contribution in [0.1, 0.15) is 30.7 Å². The number of carboxylic acid groups (broad SMARTS) is 3. The number of hydrogen-bond donors (Lipinski definition) is 3. The van der Waals surface area contributed by atoms with Gasteiger partial charge in [0.2, 0.25) is 0 Å². The zero-order chi connectivity index (χ0) is 26.7. The van der Waals surface area contributed by atoms with E-state index in [2.05, 4.69) is 4.98 Å². The van der Waals surface area contributed by atoms with E-state index >= 15 is 0 Å². The van der Waals surface area contributed by atoms with Gasteiger partial charge in [0.1, 0.15) is 0 Å². The molecule has 0 spiro atoms. The summed E-state index contributed by atoms with van der Waals surface area (Å²) in [6.07, 6.45) is -0.361. The van der Waals surface area contributed by atoms with Crippen molar-refractivity contribution in [3.05, 3.63) is 29.6 Å². The summed E-state index contributed by atoms with van der Waals surface area (Å²) in [6.45, 7) is -0.940. The molecular formula is C23H33GdN4O9-3. The van der Waals surface area contributed by atoms with Crippen LogP contribution in [-0.4, -0.2) is 117 Å². The number of aliphatic hydroxyl groups excluding tert-OH is 3. The van der Waals surface area contributed by atoms with E-state index in [0.29, 0.717) is 11.4 Å². The molecule has 14 heteroatoms. The number of carbonyl (C=O) groups excluding carboxylic acids is 3. The van der Waals surface area contributed by atoms with Crippen molar-refractivity contribution in [3.63, 3.8) is 0 Å². The Morgan fingerprint density at radius 3 is 1.35 bits per heavy atom. The molecule has 1 aromatic heterocycles. The van der Waals surface area contributed by atoms with Crippen LogP contribution in [0.5, 0.6) is 0 Å². The van der Waals surface area contributed by atoms with Gasteiger partial charge < -0.3 is 45.0 Å². The quantitative estimate of drug-likeness (QED) is 0.191. The molecule has 0 radical (unpaired) electrons. The number of nitrogens with zero attached hydrogens (tertiary/aromatic N) is 4. The first-order valence-corrected chi connectivity index (χ1v) is 11.8. The second-order valence-electron chi connectivity index (χ2n) is 8.64. The van der Waals surface area contributed by atoms with Crippen molar-refractivity contribution in [2.24, 2.45) is 0 Å². The van der Waals surface area contributed by atoms with Crippen LogP contribution in [0.2, 0.25) is 0 Å². The fourth-order valence-electron chi connectivity index (χ4n) is 4.46. The Kier molecular flexibility index (Phi) is 15.7. The second-order valence-corrected chi connectivity index (χ2v) is 8.64. The first-order valence-electron chi connectivity index (χ1n) is 11.8. The van der Waals surface area contributed by atoms with Crippen molar-refractivity contribution in [1.29, 1.82) is 0 Å². The summed E-state index contributed by atoms with van der Waals surface area (Å²) in [5, 5.41) is 63.7. The number of pyridine rings is 1. The predicted molar refractivity (Wildman–Crippen MR) is 118 cm³/mol. The Hall–Kier alpha value is -1.36. The maximum absolute atomic E-state index is 11.9. The van der Waals surface area contributed by atoms with Crippen molar-refractivity contribution < 1.29 is 85.0 Å². The standard InChI is InChI=1S/C23H36N4O9.Gd/c28-11-4-18(21(31)32)25-7-9-26(19(5-12-29)22(33)34)14-16-2-1-3-17(24-16)15-27(10-8-25)20(6-13-30)23(35)36;/h1-3,18-20,28-30H,4-15H2,(H,31,32)(H,33,34)(H,35,36);/p-3. The van der Waals surface area contributed by atoms with Crippen molar-refractivity contribution in [2.45, 2.75) is 50.5 Å². The van der Waals surface area contributed by atoms with Gasteiger partial charge in [-0.2, -0.15) is 0 Å². The molecule has 1 aliphatic rings. The van der Waals surface area contributed by atoms with Gasteiger partial charge in [0, 0.05) is 99.0 Å². The smallest absolute Gasteiger partial charge is 0.0587 e. The van der Waals surface area contributed by atoms with Crippen LogP contribution in [0.3, 0.4) is 0 Å². The summed E-state index contributed by atoms with van der Waals surface area (Å²) in [6, 6.07) is 1.53. The number of aliphatic carboxylic acids is 3. The van der Waals surface area contributed by atoms with Crippen LogP contribution in [0.4, 0.5) is 0 Å². The molecule has 0 fully saturated rings. The van der Waals surface area contributed by atoms with Crippen molar-refractivity contribution in [1.82, 2.24) is 19.7 Å². The molecule has 0 aliphatic carbocycles. The largest absolute Gasteiger partial charge is 0.548 e. The van der Waals surface area contributed by atoms with E-state index in [1.165, 1.54) is 14.7 Å². The Labute approximate surface area is 247 Å². The van der Waals surface area contributed by atoms with E-state index in [1.807, 2.05) is 0 Å². The van der Waals surface area contributed by atoms with Gasteiger partial charge in [-0.1, -0.05) is 6.07 Å². The summed E-state index contributed by atoms with van der Waals surface area (Å²) in [4.78, 5) is 44.6. The summed E-state index contributed by atoms with van der Waals surface area (Å²) in [5.41, 5.74) is 0.977. The average Bonchev–Trinajstić information content (AvgIpc) is 2.82. The van der Waals surface area contributed by atoms with E-state index in [4.69, 9.17) is 0 Å². The zero-order valence-electron chi connectivity index (χ0n) is 20.4. The maximum atomic E-state index is 11.9. The molecule has 2 bridgehead atoms. The Morgan fingerprint density at radius 1 is 0.703 bits per heavy atom. The molecule has 2 heterocycles. The third-order valence-electron chi connectivity index (χ3n) is 6.29. The van der Waals surface area contributed by atoms with E-state index in [-0.39, 0.29) is 98.5 Å². The van der Waals surface area contributed by atoms with Crippen LogP contribution < -0.4 is 15.3 Å². The predicted octanol–water partition coefficient (Wildman–Crippen LogP) is -5.50. The van der Waals surface area contributed by atoms with Crippen LogP contribution in [0.25, 0.3) is 0 Å². The van der Waals surface area contributed by atoms with E-state index in [1.54, 1.807) is 18.2 Å². The Morgan fingerprint density at radius 2 is 1.03 bits per heavy atom. The molecule has 2 rings (SSSR count). The fourth-order valence-corrected chi connectivity index (χ4v) is 4.46. The molecule has 0 saturated carbocycles. The summed E-state index contributed by atoms with van der Waals surface area (Å²) >= 11 is 0. The van der Waals surface area contributed by atoms with Crippen molar-refractivity contribution in [2.75, 3.05) is 46.0 Å². The molecule has 1 aromatic rings. The monoisotopic (exact) mass is 667 g/mol. The summed E-state index contributed by atoms with van der Waals surface area (Å²) < 4.78 is 0. The number of carbonyl (C=O) groups is 3. The SMILES string of the molecule is O=C([O-])C(CCO)N1CCN(C(CCO)C(=O)[O-])Cc2cccc(n2)CN(C(CCO)C(=O)[O-])CC1.[Gd]. The zero-order valence-corrected chi connectivity index (χ0v) is 22.7. The number of aromatic nitrogens is 1. The minimum Gasteiger partial charge on any atom is -0.548 e. The molecule has 13 nitrogen and oxygen atoms in total. The first-order chi connectivity index (χ1) is 17.2. The molecule has 0 saturated heterocycles. The number of aliphatic hydroxyl groups is 3. The normalized spacial score (nSPS) is 18.5. The maximum Gasteiger partial charge on any atom is 0.0587 e. The summed E-state index contributed by atoms with van der Waals surface area (Å²) in [5.74, 6) is -4.21. The van der Waals surface area contributed by atoms with Gasteiger partial charge in [-0.25, -0.2) is 0 Å². The molecule has 210 valence electrons. The van der Waals surface area contributed by atoms with Crippen LogP contribution in [0, 0.1) is 39.9 Å². The van der Waals surface area contributed by atoms with Gasteiger partial charge in [0.05, 0.1) is 47.4 Å². The third kappa shape index (κ3) is 10.4. The van der Waals surface area contributed by atoms with E-state index < -0.39 is 55.9 Å². The van der Waals surface area contributed by atoms with E-state index in [9.17, 15) is 45.0 Å². The number of fused-ring (bicyclic) bond motifs is 2. The average molecular weight is 667 g/mol. The van der Waals surface area contributed by atoms with Crippen molar-refractivity contribution in [3.8, 4) is 0 Å². The Bertz CT molecular complexity index is 825. The van der Waals surface area contributed by atoms with Gasteiger partial charge in [-0.05, 0) is 31.4 Å². The third-order valence-corrected chi connectivity index (χ3v) is 6.29. The molecule has 0 amide bonds. The number of hydrogen-bond acceptors (Lipinski definition) is 13. The molecule has 37 heavy (non-hydrogen) atoms. The molecule has 3 unspecified atom stereocenters. The van der Waals surface area contributed by atoms with Gasteiger partial charge in [-0.3, -0.25) is 19.7 Å². The van der Waals surface area contributed by atoms with Gasteiger partial charge in [-0.15, -0.1) is 0 Å². The number of rotatable bonds is 12. The molecule has 3 atom stereocenters. The van der Waals surface area contributed by atoms with Gasteiger partial charge >= 0.3 is 0 Å². The molecule has 3 N–H and O–H groups in total. The first kappa shape index (κ1) is 33.7. The van der Waals surface area contributed by atoms with Crippen LogP contribution in [-0.2, 0) is 27.5 Å². The molecule has 1 aliphatic heterocycles. The minimum absolute atomic E-state index is 0. The van der Waals surface area contributed by atoms with Crippen molar-refractivity contribution >= 4 is 17.9 Å². The second kappa shape index (κ2) is 17.3. The molecular weight excluding hydrogens is 634 g/mol. The van der Waals surface area contributed by atoms with Crippen LogP contribution >= 0.6 is 0 Å². The topological polar surface area (TPSA) is 204 Å².